The number of nitrogens with zero attached hydrogens (tertiary/aromatic N) is 2. The molecule has 54 valence electrons. The Morgan fingerprint density at radius 3 is 2.82 bits per heavy atom. The molecule has 1 aromatic heterocycles. The minimum absolute atomic E-state index is 0.319. The zero-order valence-electron chi connectivity index (χ0n) is 5.71. The van der Waals surface area contributed by atoms with Crippen LogP contribution in [0.1, 0.15) is 11.3 Å². The first-order valence-electron chi connectivity index (χ1n) is 2.97. The molecule has 0 N–H and O–H groups in total. The van der Waals surface area contributed by atoms with Crippen molar-refractivity contribution in [3.05, 3.63) is 35.1 Å². The molecule has 0 atom stereocenters. The van der Waals surface area contributed by atoms with Gasteiger partial charge in [0.1, 0.15) is 16.9 Å². The second-order valence-corrected chi connectivity index (χ2v) is 2.25. The Morgan fingerprint density at radius 2 is 2.36 bits per heavy atom. The average molecular weight is 165 g/mol. The highest BCUT2D eigenvalue weighted by atomic mass is 35.5. The minimum atomic E-state index is 0.319. The van der Waals surface area contributed by atoms with E-state index in [2.05, 4.69) is 11.6 Å². The molecule has 0 fully saturated rings. The molecule has 2 nitrogen and oxygen atoms in total. The molecule has 1 aromatic rings. The smallest absolute Gasteiger partial charge is 0.142 e. The molecule has 0 amide bonds. The second kappa shape index (κ2) is 3.18. The summed E-state index contributed by atoms with van der Waals surface area (Å²) in [5.41, 5.74) is 1.06. The topological polar surface area (TPSA) is 36.7 Å². The minimum Gasteiger partial charge on any atom is -0.225 e. The van der Waals surface area contributed by atoms with Gasteiger partial charge in [0.05, 0.1) is 0 Å². The van der Waals surface area contributed by atoms with Crippen LogP contribution in [0.3, 0.4) is 0 Å². The molecule has 0 radical (unpaired) electrons. The van der Waals surface area contributed by atoms with Crippen molar-refractivity contribution in [3.8, 4) is 6.07 Å². The number of hydrogen-bond donors (Lipinski definition) is 0. The SMILES string of the molecule is C=Cc1ccc(C#N)nc1Cl. The van der Waals surface area contributed by atoms with Crippen molar-refractivity contribution >= 4 is 17.7 Å². The summed E-state index contributed by atoms with van der Waals surface area (Å²) in [5.74, 6) is 0. The van der Waals surface area contributed by atoms with Crippen molar-refractivity contribution in [2.75, 3.05) is 0 Å². The molecule has 0 aliphatic rings. The second-order valence-electron chi connectivity index (χ2n) is 1.89. The van der Waals surface area contributed by atoms with E-state index in [0.717, 1.165) is 5.56 Å². The van der Waals surface area contributed by atoms with Crippen molar-refractivity contribution in [1.82, 2.24) is 4.98 Å². The molecule has 11 heavy (non-hydrogen) atoms. The summed E-state index contributed by atoms with van der Waals surface area (Å²) in [6.07, 6.45) is 1.59. The lowest BCUT2D eigenvalue weighted by Gasteiger charge is -1.94. The first-order chi connectivity index (χ1) is 5.27. The van der Waals surface area contributed by atoms with Crippen molar-refractivity contribution in [1.29, 1.82) is 5.26 Å². The molecule has 0 aliphatic heterocycles. The van der Waals surface area contributed by atoms with Gasteiger partial charge in [0, 0.05) is 5.56 Å². The van der Waals surface area contributed by atoms with Crippen LogP contribution in [0.5, 0.6) is 0 Å². The first kappa shape index (κ1) is 7.77. The molecule has 0 spiro atoms. The fraction of sp³-hybridized carbons (Fsp3) is 0. The number of hydrogen-bond acceptors (Lipinski definition) is 2. The molecular formula is C8H5ClN2. The lowest BCUT2D eigenvalue weighted by molar-refractivity contribution is 1.26. The zero-order chi connectivity index (χ0) is 8.27. The Balaban J connectivity index is 3.22. The van der Waals surface area contributed by atoms with E-state index in [9.17, 15) is 0 Å². The van der Waals surface area contributed by atoms with Gasteiger partial charge in [-0.2, -0.15) is 5.26 Å². The highest BCUT2D eigenvalue weighted by Crippen LogP contribution is 2.13. The van der Waals surface area contributed by atoms with Gasteiger partial charge in [-0.15, -0.1) is 0 Å². The van der Waals surface area contributed by atoms with Crippen molar-refractivity contribution in [2.45, 2.75) is 0 Å². The highest BCUT2D eigenvalue weighted by Gasteiger charge is 1.98. The molecule has 0 aromatic carbocycles. The summed E-state index contributed by atoms with van der Waals surface area (Å²) < 4.78 is 0. The number of aromatic nitrogens is 1. The van der Waals surface area contributed by atoms with E-state index in [0.29, 0.717) is 10.8 Å². The Bertz CT molecular complexity index is 325. The molecule has 0 aliphatic carbocycles. The highest BCUT2D eigenvalue weighted by molar-refractivity contribution is 6.30. The lowest BCUT2D eigenvalue weighted by Crippen LogP contribution is -1.84. The van der Waals surface area contributed by atoms with Crippen LogP contribution in [-0.2, 0) is 0 Å². The lowest BCUT2D eigenvalue weighted by atomic mass is 10.2. The van der Waals surface area contributed by atoms with Gasteiger partial charge >= 0.3 is 0 Å². The van der Waals surface area contributed by atoms with Crippen LogP contribution in [0.25, 0.3) is 6.08 Å². The van der Waals surface area contributed by atoms with Crippen LogP contribution < -0.4 is 0 Å². The first-order valence-corrected chi connectivity index (χ1v) is 3.35. The summed E-state index contributed by atoms with van der Waals surface area (Å²) in [6.45, 7) is 3.54. The van der Waals surface area contributed by atoms with E-state index < -0.39 is 0 Å². The van der Waals surface area contributed by atoms with Gasteiger partial charge in [0.25, 0.3) is 0 Å². The van der Waals surface area contributed by atoms with Gasteiger partial charge < -0.3 is 0 Å². The number of nitriles is 1. The van der Waals surface area contributed by atoms with Gasteiger partial charge in [0.15, 0.2) is 0 Å². The van der Waals surface area contributed by atoms with Gasteiger partial charge in [-0.05, 0) is 12.1 Å². The number of halogens is 1. The van der Waals surface area contributed by atoms with E-state index in [-0.39, 0.29) is 0 Å². The Hall–Kier alpha value is -1.33. The van der Waals surface area contributed by atoms with Crippen molar-refractivity contribution in [3.63, 3.8) is 0 Å². The van der Waals surface area contributed by atoms with Crippen molar-refractivity contribution < 1.29 is 0 Å². The average Bonchev–Trinajstić information content (AvgIpc) is 2.04. The standard InChI is InChI=1S/C8H5ClN2/c1-2-6-3-4-7(5-10)11-8(6)9/h2-4H,1H2. The fourth-order valence-corrected chi connectivity index (χ4v) is 0.891. The summed E-state index contributed by atoms with van der Waals surface area (Å²) >= 11 is 5.67. The molecular weight excluding hydrogens is 160 g/mol. The van der Waals surface area contributed by atoms with E-state index >= 15 is 0 Å². The maximum Gasteiger partial charge on any atom is 0.142 e. The molecule has 0 saturated heterocycles. The summed E-state index contributed by atoms with van der Waals surface area (Å²) in [5, 5.41) is 8.75. The Kier molecular flexibility index (Phi) is 2.25. The zero-order valence-corrected chi connectivity index (χ0v) is 6.47. The normalized spacial score (nSPS) is 8.73. The molecule has 0 unspecified atom stereocenters. The van der Waals surface area contributed by atoms with Crippen LogP contribution in [0.15, 0.2) is 18.7 Å². The quantitative estimate of drug-likeness (QED) is 0.597. The molecule has 0 saturated carbocycles. The van der Waals surface area contributed by atoms with Crippen LogP contribution in [0, 0.1) is 11.3 Å². The summed E-state index contributed by atoms with van der Waals surface area (Å²) in [6, 6.07) is 5.20. The van der Waals surface area contributed by atoms with Crippen LogP contribution in [-0.4, -0.2) is 4.98 Å². The predicted octanol–water partition coefficient (Wildman–Crippen LogP) is 2.25. The van der Waals surface area contributed by atoms with E-state index in [1.54, 1.807) is 18.2 Å². The maximum absolute atomic E-state index is 8.43. The predicted molar refractivity (Wildman–Crippen MR) is 44.1 cm³/mol. The van der Waals surface area contributed by atoms with E-state index in [1.807, 2.05) is 6.07 Å². The Morgan fingerprint density at radius 1 is 1.64 bits per heavy atom. The molecule has 0 bridgehead atoms. The van der Waals surface area contributed by atoms with Crippen molar-refractivity contribution in [2.24, 2.45) is 0 Å². The Labute approximate surface area is 69.8 Å². The largest absolute Gasteiger partial charge is 0.225 e. The molecule has 3 heteroatoms. The van der Waals surface area contributed by atoms with Gasteiger partial charge in [-0.1, -0.05) is 24.3 Å². The van der Waals surface area contributed by atoms with Crippen LogP contribution in [0.4, 0.5) is 0 Å². The fourth-order valence-electron chi connectivity index (χ4n) is 0.660. The third-order valence-electron chi connectivity index (χ3n) is 1.21. The summed E-state index contributed by atoms with van der Waals surface area (Å²) in [7, 11) is 0. The third-order valence-corrected chi connectivity index (χ3v) is 1.51. The summed E-state index contributed by atoms with van der Waals surface area (Å²) in [4.78, 5) is 3.80. The van der Waals surface area contributed by atoms with Gasteiger partial charge in [-0.3, -0.25) is 0 Å². The maximum atomic E-state index is 8.43. The number of pyridine rings is 1. The number of rotatable bonds is 1. The van der Waals surface area contributed by atoms with E-state index in [4.69, 9.17) is 16.9 Å². The van der Waals surface area contributed by atoms with Crippen LogP contribution in [0.2, 0.25) is 5.15 Å². The molecule has 1 rings (SSSR count). The third kappa shape index (κ3) is 1.57. The monoisotopic (exact) mass is 164 g/mol. The van der Waals surface area contributed by atoms with E-state index in [1.165, 1.54) is 0 Å². The van der Waals surface area contributed by atoms with Crippen LogP contribution >= 0.6 is 11.6 Å². The van der Waals surface area contributed by atoms with Gasteiger partial charge in [0.2, 0.25) is 0 Å². The van der Waals surface area contributed by atoms with Gasteiger partial charge in [-0.25, -0.2) is 4.98 Å². The molecule has 1 heterocycles.